The fourth-order valence-corrected chi connectivity index (χ4v) is 2.83. The lowest BCUT2D eigenvalue weighted by molar-refractivity contribution is -0.116. The zero-order valence-corrected chi connectivity index (χ0v) is 11.6. The first-order chi connectivity index (χ1) is 9.74. The van der Waals surface area contributed by atoms with Gasteiger partial charge in [-0.3, -0.25) is 9.69 Å². The van der Waals surface area contributed by atoms with Crippen molar-refractivity contribution >= 4 is 11.6 Å². The van der Waals surface area contributed by atoms with Gasteiger partial charge in [0.15, 0.2) is 0 Å². The van der Waals surface area contributed by atoms with Crippen LogP contribution in [0.25, 0.3) is 0 Å². The van der Waals surface area contributed by atoms with Gasteiger partial charge >= 0.3 is 0 Å². The highest BCUT2D eigenvalue weighted by atomic mass is 16.5. The standard InChI is InChI=1S/C15H21N3O2/c16-14-12-5-4-11(10-13(12)17-15(14)19)20-9-8-18-6-2-1-3-7-18/h4-5,10,14H,1-3,6-9,16H2,(H,17,19). The molecule has 1 atom stereocenters. The summed E-state index contributed by atoms with van der Waals surface area (Å²) in [6.07, 6.45) is 3.94. The van der Waals surface area contributed by atoms with E-state index in [0.29, 0.717) is 6.61 Å². The molecule has 1 aromatic rings. The van der Waals surface area contributed by atoms with Crippen molar-refractivity contribution in [3.05, 3.63) is 23.8 Å². The molecule has 0 aliphatic carbocycles. The van der Waals surface area contributed by atoms with Gasteiger partial charge in [-0.1, -0.05) is 12.5 Å². The molecular formula is C15H21N3O2. The Bertz CT molecular complexity index is 498. The van der Waals surface area contributed by atoms with Gasteiger partial charge in [0.25, 0.3) is 0 Å². The van der Waals surface area contributed by atoms with Crippen molar-refractivity contribution < 1.29 is 9.53 Å². The van der Waals surface area contributed by atoms with Crippen LogP contribution < -0.4 is 15.8 Å². The molecule has 1 amide bonds. The summed E-state index contributed by atoms with van der Waals surface area (Å²) < 4.78 is 5.77. The number of fused-ring (bicyclic) bond motifs is 1. The van der Waals surface area contributed by atoms with Gasteiger partial charge in [0.1, 0.15) is 18.4 Å². The van der Waals surface area contributed by atoms with Crippen molar-refractivity contribution in [3.63, 3.8) is 0 Å². The highest BCUT2D eigenvalue weighted by molar-refractivity contribution is 6.02. The van der Waals surface area contributed by atoms with Crippen LogP contribution in [-0.4, -0.2) is 37.0 Å². The maximum Gasteiger partial charge on any atom is 0.245 e. The Labute approximate surface area is 119 Å². The number of rotatable bonds is 4. The van der Waals surface area contributed by atoms with E-state index in [1.807, 2.05) is 18.2 Å². The summed E-state index contributed by atoms with van der Waals surface area (Å²) in [5.41, 5.74) is 7.40. The number of ether oxygens (including phenoxy) is 1. The number of anilines is 1. The monoisotopic (exact) mass is 275 g/mol. The number of carbonyl (C=O) groups is 1. The van der Waals surface area contributed by atoms with Crippen LogP contribution in [-0.2, 0) is 4.79 Å². The van der Waals surface area contributed by atoms with Crippen LogP contribution >= 0.6 is 0 Å². The Balaban J connectivity index is 1.54. The van der Waals surface area contributed by atoms with Crippen molar-refractivity contribution in [2.75, 3.05) is 31.6 Å². The number of piperidine rings is 1. The maximum atomic E-state index is 11.5. The summed E-state index contributed by atoms with van der Waals surface area (Å²) in [5, 5.41) is 2.77. The zero-order chi connectivity index (χ0) is 13.9. The van der Waals surface area contributed by atoms with Crippen LogP contribution in [0.4, 0.5) is 5.69 Å². The average molecular weight is 275 g/mol. The predicted octanol–water partition coefficient (Wildman–Crippen LogP) is 1.50. The molecule has 0 aromatic heterocycles. The number of amides is 1. The Morgan fingerprint density at radius 2 is 2.10 bits per heavy atom. The number of nitrogens with two attached hydrogens (primary N) is 1. The Hall–Kier alpha value is -1.59. The number of hydrogen-bond donors (Lipinski definition) is 2. The van der Waals surface area contributed by atoms with Crippen molar-refractivity contribution in [3.8, 4) is 5.75 Å². The van der Waals surface area contributed by atoms with Crippen LogP contribution in [0.1, 0.15) is 30.9 Å². The van der Waals surface area contributed by atoms with E-state index in [2.05, 4.69) is 10.2 Å². The molecule has 0 saturated carbocycles. The van der Waals surface area contributed by atoms with Gasteiger partial charge in [0, 0.05) is 23.9 Å². The Morgan fingerprint density at radius 3 is 2.90 bits per heavy atom. The van der Waals surface area contributed by atoms with E-state index >= 15 is 0 Å². The minimum Gasteiger partial charge on any atom is -0.492 e. The highest BCUT2D eigenvalue weighted by Gasteiger charge is 2.27. The number of likely N-dealkylation sites (tertiary alicyclic amines) is 1. The second-order valence-corrected chi connectivity index (χ2v) is 5.47. The molecule has 108 valence electrons. The number of nitrogens with one attached hydrogen (secondary N) is 1. The summed E-state index contributed by atoms with van der Waals surface area (Å²) in [7, 11) is 0. The van der Waals surface area contributed by atoms with E-state index in [0.717, 1.165) is 23.5 Å². The molecule has 1 aromatic carbocycles. The topological polar surface area (TPSA) is 67.6 Å². The van der Waals surface area contributed by atoms with E-state index in [-0.39, 0.29) is 5.91 Å². The van der Waals surface area contributed by atoms with Gasteiger partial charge in [-0.15, -0.1) is 0 Å². The number of benzene rings is 1. The second kappa shape index (κ2) is 5.81. The first-order valence-corrected chi connectivity index (χ1v) is 7.29. The van der Waals surface area contributed by atoms with Gasteiger partial charge in [0.2, 0.25) is 5.91 Å². The molecule has 3 rings (SSSR count). The summed E-state index contributed by atoms with van der Waals surface area (Å²) in [6, 6.07) is 5.06. The van der Waals surface area contributed by atoms with E-state index in [1.54, 1.807) is 0 Å². The Kier molecular flexibility index (Phi) is 3.89. The molecule has 0 bridgehead atoms. The minimum absolute atomic E-state index is 0.148. The average Bonchev–Trinajstić information content (AvgIpc) is 2.75. The number of carbonyl (C=O) groups excluding carboxylic acids is 1. The summed E-state index contributed by atoms with van der Waals surface area (Å²) in [6.45, 7) is 4.00. The van der Waals surface area contributed by atoms with Crippen molar-refractivity contribution in [2.45, 2.75) is 25.3 Å². The molecule has 2 heterocycles. The van der Waals surface area contributed by atoms with Crippen LogP contribution in [0.3, 0.4) is 0 Å². The SMILES string of the molecule is NC1C(=O)Nc2cc(OCCN3CCCCC3)ccc21. The number of hydrogen-bond acceptors (Lipinski definition) is 4. The second-order valence-electron chi connectivity index (χ2n) is 5.47. The smallest absolute Gasteiger partial charge is 0.245 e. The molecule has 1 fully saturated rings. The van der Waals surface area contributed by atoms with Gasteiger partial charge in [-0.25, -0.2) is 0 Å². The van der Waals surface area contributed by atoms with Gasteiger partial charge in [0.05, 0.1) is 0 Å². The Morgan fingerprint density at radius 1 is 1.30 bits per heavy atom. The molecule has 5 heteroatoms. The molecule has 5 nitrogen and oxygen atoms in total. The minimum atomic E-state index is -0.549. The van der Waals surface area contributed by atoms with Crippen LogP contribution in [0.2, 0.25) is 0 Å². The van der Waals surface area contributed by atoms with E-state index in [4.69, 9.17) is 10.5 Å². The molecule has 20 heavy (non-hydrogen) atoms. The maximum absolute atomic E-state index is 11.5. The first kappa shape index (κ1) is 13.4. The van der Waals surface area contributed by atoms with Gasteiger partial charge in [-0.05, 0) is 32.0 Å². The molecule has 3 N–H and O–H groups in total. The number of nitrogens with zero attached hydrogens (tertiary/aromatic N) is 1. The van der Waals surface area contributed by atoms with Gasteiger partial charge in [-0.2, -0.15) is 0 Å². The summed E-state index contributed by atoms with van der Waals surface area (Å²) >= 11 is 0. The third-order valence-electron chi connectivity index (χ3n) is 4.03. The molecule has 1 unspecified atom stereocenters. The lowest BCUT2D eigenvalue weighted by Gasteiger charge is -2.26. The van der Waals surface area contributed by atoms with Crippen LogP contribution in [0.5, 0.6) is 5.75 Å². The molecule has 1 saturated heterocycles. The van der Waals surface area contributed by atoms with Crippen LogP contribution in [0, 0.1) is 0 Å². The molecule has 2 aliphatic rings. The third-order valence-corrected chi connectivity index (χ3v) is 4.03. The molecule has 0 radical (unpaired) electrons. The summed E-state index contributed by atoms with van der Waals surface area (Å²) in [5.74, 6) is 0.639. The molecule has 2 aliphatic heterocycles. The van der Waals surface area contributed by atoms with E-state index in [9.17, 15) is 4.79 Å². The predicted molar refractivity (Wildman–Crippen MR) is 77.8 cm³/mol. The third kappa shape index (κ3) is 2.78. The summed E-state index contributed by atoms with van der Waals surface area (Å²) in [4.78, 5) is 13.9. The lowest BCUT2D eigenvalue weighted by Crippen LogP contribution is -2.33. The zero-order valence-electron chi connectivity index (χ0n) is 11.6. The molecular weight excluding hydrogens is 254 g/mol. The van der Waals surface area contributed by atoms with Crippen molar-refractivity contribution in [2.24, 2.45) is 5.73 Å². The van der Waals surface area contributed by atoms with E-state index in [1.165, 1.54) is 32.4 Å². The quantitative estimate of drug-likeness (QED) is 0.874. The fourth-order valence-electron chi connectivity index (χ4n) is 2.83. The fraction of sp³-hybridized carbons (Fsp3) is 0.533. The van der Waals surface area contributed by atoms with Crippen LogP contribution in [0.15, 0.2) is 18.2 Å². The van der Waals surface area contributed by atoms with Crippen molar-refractivity contribution in [1.29, 1.82) is 0 Å². The molecule has 0 spiro atoms. The van der Waals surface area contributed by atoms with Gasteiger partial charge < -0.3 is 15.8 Å². The largest absolute Gasteiger partial charge is 0.492 e. The lowest BCUT2D eigenvalue weighted by atomic mass is 10.1. The normalized spacial score (nSPS) is 22.4. The van der Waals surface area contributed by atoms with Crippen molar-refractivity contribution in [1.82, 2.24) is 4.90 Å². The first-order valence-electron chi connectivity index (χ1n) is 7.29. The van der Waals surface area contributed by atoms with E-state index < -0.39 is 6.04 Å². The highest BCUT2D eigenvalue weighted by Crippen LogP contribution is 2.32.